The molecule has 4 heteroatoms. The number of fused-ring (bicyclic) bond motifs is 1. The second kappa shape index (κ2) is 5.51. The number of hydrogen-bond acceptors (Lipinski definition) is 2. The van der Waals surface area contributed by atoms with Gasteiger partial charge in [-0.3, -0.25) is 4.79 Å². The van der Waals surface area contributed by atoms with Crippen LogP contribution in [0.5, 0.6) is 0 Å². The summed E-state index contributed by atoms with van der Waals surface area (Å²) in [5.74, 6) is 0.258. The van der Waals surface area contributed by atoms with Gasteiger partial charge in [-0.1, -0.05) is 31.9 Å². The van der Waals surface area contributed by atoms with Crippen molar-refractivity contribution in [2.24, 2.45) is 0 Å². The van der Waals surface area contributed by atoms with E-state index in [1.54, 1.807) is 11.3 Å². The van der Waals surface area contributed by atoms with Crippen LogP contribution in [0.2, 0.25) is 0 Å². The second-order valence-electron chi connectivity index (χ2n) is 4.73. The fraction of sp³-hybridized carbons (Fsp3) is 0.267. The van der Waals surface area contributed by atoms with Crippen LogP contribution in [0.3, 0.4) is 0 Å². The summed E-state index contributed by atoms with van der Waals surface area (Å²) in [6.45, 7) is 0. The van der Waals surface area contributed by atoms with E-state index < -0.39 is 0 Å². The Morgan fingerprint density at radius 2 is 2.11 bits per heavy atom. The van der Waals surface area contributed by atoms with Crippen molar-refractivity contribution < 1.29 is 4.79 Å². The average Bonchev–Trinajstić information content (AvgIpc) is 2.89. The number of hydrogen-bond donors (Lipinski definition) is 0. The highest BCUT2D eigenvalue weighted by molar-refractivity contribution is 9.11. The van der Waals surface area contributed by atoms with Gasteiger partial charge in [-0.25, -0.2) is 0 Å². The second-order valence-corrected chi connectivity index (χ2v) is 7.50. The van der Waals surface area contributed by atoms with Gasteiger partial charge < -0.3 is 0 Å². The van der Waals surface area contributed by atoms with Crippen LogP contribution >= 0.6 is 43.2 Å². The maximum absolute atomic E-state index is 12.8. The van der Waals surface area contributed by atoms with E-state index >= 15 is 0 Å². The summed E-state index contributed by atoms with van der Waals surface area (Å²) in [4.78, 5) is 14.2. The standard InChI is InChI=1S/C15H12Br2OS/c16-9-4-5-13(17)12(8-9)15(18)11-2-1-3-14-10(11)6-7-19-14/h4-8,11H,1-3H2. The summed E-state index contributed by atoms with van der Waals surface area (Å²) in [6, 6.07) is 7.90. The highest BCUT2D eigenvalue weighted by Gasteiger charge is 2.29. The lowest BCUT2D eigenvalue weighted by Gasteiger charge is -2.22. The van der Waals surface area contributed by atoms with Gasteiger partial charge in [0, 0.05) is 25.3 Å². The minimum absolute atomic E-state index is 0.0283. The third-order valence-corrected chi connectivity index (χ3v) is 5.74. The van der Waals surface area contributed by atoms with Crippen molar-refractivity contribution in [3.63, 3.8) is 0 Å². The van der Waals surface area contributed by atoms with E-state index in [9.17, 15) is 4.79 Å². The highest BCUT2D eigenvalue weighted by Crippen LogP contribution is 2.38. The molecule has 1 heterocycles. The number of benzene rings is 1. The van der Waals surface area contributed by atoms with E-state index in [0.717, 1.165) is 33.8 Å². The first-order valence-electron chi connectivity index (χ1n) is 6.22. The SMILES string of the molecule is O=C(c1cc(Br)ccc1Br)C1CCCc2sccc21. The fourth-order valence-electron chi connectivity index (χ4n) is 2.63. The monoisotopic (exact) mass is 398 g/mol. The molecule has 0 N–H and O–H groups in total. The van der Waals surface area contributed by atoms with E-state index in [-0.39, 0.29) is 11.7 Å². The van der Waals surface area contributed by atoms with Gasteiger partial charge in [0.2, 0.25) is 0 Å². The van der Waals surface area contributed by atoms with Gasteiger partial charge in [0.05, 0.1) is 0 Å². The van der Waals surface area contributed by atoms with Gasteiger partial charge in [-0.2, -0.15) is 0 Å². The lowest BCUT2D eigenvalue weighted by atomic mass is 9.82. The first kappa shape index (κ1) is 13.5. The minimum atomic E-state index is 0.0283. The first-order chi connectivity index (χ1) is 9.16. The van der Waals surface area contributed by atoms with Crippen molar-refractivity contribution in [3.8, 4) is 0 Å². The van der Waals surface area contributed by atoms with Crippen LogP contribution in [0.1, 0.15) is 39.6 Å². The highest BCUT2D eigenvalue weighted by atomic mass is 79.9. The molecule has 2 aromatic rings. The lowest BCUT2D eigenvalue weighted by molar-refractivity contribution is 0.0950. The Morgan fingerprint density at radius 3 is 2.95 bits per heavy atom. The van der Waals surface area contributed by atoms with Crippen LogP contribution in [-0.2, 0) is 6.42 Å². The van der Waals surface area contributed by atoms with Crippen LogP contribution in [-0.4, -0.2) is 5.78 Å². The molecule has 1 aliphatic carbocycles. The van der Waals surface area contributed by atoms with Crippen molar-refractivity contribution >= 4 is 49.0 Å². The molecule has 0 fully saturated rings. The summed E-state index contributed by atoms with van der Waals surface area (Å²) in [7, 11) is 0. The van der Waals surface area contributed by atoms with E-state index in [2.05, 4.69) is 43.3 Å². The molecule has 19 heavy (non-hydrogen) atoms. The van der Waals surface area contributed by atoms with E-state index in [4.69, 9.17) is 0 Å². The van der Waals surface area contributed by atoms with Gasteiger partial charge in [-0.05, 0) is 54.5 Å². The summed E-state index contributed by atoms with van der Waals surface area (Å²) < 4.78 is 1.82. The summed E-state index contributed by atoms with van der Waals surface area (Å²) >= 11 is 8.71. The quantitative estimate of drug-likeness (QED) is 0.602. The smallest absolute Gasteiger partial charge is 0.171 e. The van der Waals surface area contributed by atoms with E-state index in [0.29, 0.717) is 0 Å². The Hall–Kier alpha value is -0.450. The number of aryl methyl sites for hydroxylation is 1. The van der Waals surface area contributed by atoms with E-state index in [1.807, 2.05) is 18.2 Å². The van der Waals surface area contributed by atoms with Gasteiger partial charge in [-0.15, -0.1) is 11.3 Å². The molecule has 1 nitrogen and oxygen atoms in total. The lowest BCUT2D eigenvalue weighted by Crippen LogP contribution is -2.17. The normalized spacial score (nSPS) is 18.1. The van der Waals surface area contributed by atoms with E-state index in [1.165, 1.54) is 10.4 Å². The Bertz CT molecular complexity index is 633. The summed E-state index contributed by atoms with van der Waals surface area (Å²) in [6.07, 6.45) is 3.19. The van der Waals surface area contributed by atoms with Crippen LogP contribution in [0.4, 0.5) is 0 Å². The molecular weight excluding hydrogens is 388 g/mol. The molecule has 0 spiro atoms. The van der Waals surface area contributed by atoms with Crippen LogP contribution in [0.25, 0.3) is 0 Å². The molecule has 1 atom stereocenters. The summed E-state index contributed by atoms with van der Waals surface area (Å²) in [5, 5.41) is 2.10. The molecule has 3 rings (SSSR count). The number of carbonyl (C=O) groups excluding carboxylic acids is 1. The Morgan fingerprint density at radius 1 is 1.26 bits per heavy atom. The number of Topliss-reactive ketones (excluding diaryl/α,β-unsaturated/α-hetero) is 1. The fourth-order valence-corrected chi connectivity index (χ4v) is 4.42. The zero-order valence-electron chi connectivity index (χ0n) is 10.2. The maximum Gasteiger partial charge on any atom is 0.171 e. The number of rotatable bonds is 2. The van der Waals surface area contributed by atoms with Crippen molar-refractivity contribution in [1.29, 1.82) is 0 Å². The molecule has 1 aromatic carbocycles. The zero-order chi connectivity index (χ0) is 13.4. The van der Waals surface area contributed by atoms with Crippen molar-refractivity contribution in [1.82, 2.24) is 0 Å². The Kier molecular flexibility index (Phi) is 3.92. The minimum Gasteiger partial charge on any atom is -0.293 e. The molecule has 1 aliphatic rings. The molecule has 1 unspecified atom stereocenters. The zero-order valence-corrected chi connectivity index (χ0v) is 14.1. The summed E-state index contributed by atoms with van der Waals surface area (Å²) in [5.41, 5.74) is 2.02. The van der Waals surface area contributed by atoms with Crippen LogP contribution in [0, 0.1) is 0 Å². The third-order valence-electron chi connectivity index (χ3n) is 3.56. The van der Waals surface area contributed by atoms with Crippen molar-refractivity contribution in [2.45, 2.75) is 25.2 Å². The Labute approximate surface area is 133 Å². The van der Waals surface area contributed by atoms with Crippen molar-refractivity contribution in [2.75, 3.05) is 0 Å². The first-order valence-corrected chi connectivity index (χ1v) is 8.69. The van der Waals surface area contributed by atoms with Gasteiger partial charge in [0.25, 0.3) is 0 Å². The van der Waals surface area contributed by atoms with Crippen LogP contribution in [0.15, 0.2) is 38.6 Å². The topological polar surface area (TPSA) is 17.1 Å². The maximum atomic E-state index is 12.8. The Balaban J connectivity index is 2.00. The number of carbonyl (C=O) groups is 1. The number of halogens is 2. The molecule has 0 aliphatic heterocycles. The van der Waals surface area contributed by atoms with Crippen molar-refractivity contribution in [3.05, 3.63) is 54.6 Å². The molecule has 0 saturated carbocycles. The predicted molar refractivity (Wildman–Crippen MR) is 86.2 cm³/mol. The number of thiophene rings is 1. The van der Waals surface area contributed by atoms with Gasteiger partial charge >= 0.3 is 0 Å². The molecule has 98 valence electrons. The van der Waals surface area contributed by atoms with Gasteiger partial charge in [0.15, 0.2) is 5.78 Å². The average molecular weight is 400 g/mol. The predicted octanol–water partition coefficient (Wildman–Crippen LogP) is 5.58. The van der Waals surface area contributed by atoms with Crippen LogP contribution < -0.4 is 0 Å². The third kappa shape index (κ3) is 2.58. The molecular formula is C15H12Br2OS. The molecule has 1 aromatic heterocycles. The number of ketones is 1. The molecule has 0 radical (unpaired) electrons. The molecule has 0 amide bonds. The molecule has 0 bridgehead atoms. The van der Waals surface area contributed by atoms with Gasteiger partial charge in [0.1, 0.15) is 0 Å². The molecule has 0 saturated heterocycles. The largest absolute Gasteiger partial charge is 0.293 e.